The number of nitrogen functional groups attached to an aromatic ring is 1. The van der Waals surface area contributed by atoms with Gasteiger partial charge in [0.2, 0.25) is 5.91 Å². The fraction of sp³-hybridized carbons (Fsp3) is 0.407. The van der Waals surface area contributed by atoms with Crippen molar-refractivity contribution in [3.63, 3.8) is 0 Å². The molecule has 10 nitrogen and oxygen atoms in total. The van der Waals surface area contributed by atoms with E-state index in [1.165, 1.54) is 0 Å². The quantitative estimate of drug-likeness (QED) is 0.346. The molecule has 0 aliphatic carbocycles. The van der Waals surface area contributed by atoms with Crippen LogP contribution < -0.4 is 5.73 Å². The molecule has 0 radical (unpaired) electrons. The van der Waals surface area contributed by atoms with Crippen molar-refractivity contribution in [2.24, 2.45) is 5.73 Å². The number of rotatable bonds is 9. The maximum Gasteiger partial charge on any atom is 0.329 e. The van der Waals surface area contributed by atoms with Gasteiger partial charge < -0.3 is 30.1 Å². The maximum absolute atomic E-state index is 13.6. The van der Waals surface area contributed by atoms with Gasteiger partial charge in [-0.05, 0) is 30.5 Å². The van der Waals surface area contributed by atoms with Gasteiger partial charge in [0.15, 0.2) is 0 Å². The zero-order chi connectivity index (χ0) is 26.4. The standard InChI is InChI=1S/C27H32N4O6/c28-25(29)19-6-8-20(9-7-19)26(34)31-15-22(36-16-18-4-2-1-3-5-18)14-23(31)27(35)30-12-10-21(11-13-30)37-17-24(32)33/h1-9,21-23H,10-17H2,(H3,28,29)(H,32,33)/t22-,23-/m1/s1. The molecule has 37 heavy (non-hydrogen) atoms. The van der Waals surface area contributed by atoms with E-state index in [1.807, 2.05) is 30.3 Å². The number of carbonyl (C=O) groups is 3. The summed E-state index contributed by atoms with van der Waals surface area (Å²) in [5, 5.41) is 16.4. The van der Waals surface area contributed by atoms with Crippen LogP contribution in [0.3, 0.4) is 0 Å². The van der Waals surface area contributed by atoms with Crippen molar-refractivity contribution in [3.05, 3.63) is 71.3 Å². The van der Waals surface area contributed by atoms with E-state index in [-0.39, 0.29) is 43.0 Å². The van der Waals surface area contributed by atoms with Crippen molar-refractivity contribution in [1.29, 1.82) is 5.41 Å². The molecule has 0 unspecified atom stereocenters. The summed E-state index contributed by atoms with van der Waals surface area (Å²) in [5.41, 5.74) is 7.47. The number of nitrogens with two attached hydrogens (primary N) is 1. The summed E-state index contributed by atoms with van der Waals surface area (Å²) in [4.78, 5) is 41.1. The Morgan fingerprint density at radius 2 is 1.59 bits per heavy atom. The van der Waals surface area contributed by atoms with E-state index < -0.39 is 12.0 Å². The molecule has 2 heterocycles. The third kappa shape index (κ3) is 6.72. The average Bonchev–Trinajstić information content (AvgIpc) is 3.35. The number of nitrogens with one attached hydrogen (secondary N) is 1. The zero-order valence-electron chi connectivity index (χ0n) is 20.5. The average molecular weight is 509 g/mol. The van der Waals surface area contributed by atoms with Gasteiger partial charge in [-0.15, -0.1) is 0 Å². The Kier molecular flexibility index (Phi) is 8.52. The molecule has 2 aromatic carbocycles. The number of hydrogen-bond acceptors (Lipinski definition) is 6. The lowest BCUT2D eigenvalue weighted by molar-refractivity contribution is -0.147. The van der Waals surface area contributed by atoms with Crippen LogP contribution in [0.5, 0.6) is 0 Å². The first kappa shape index (κ1) is 26.3. The van der Waals surface area contributed by atoms with Gasteiger partial charge in [-0.25, -0.2) is 4.79 Å². The molecular weight excluding hydrogens is 476 g/mol. The largest absolute Gasteiger partial charge is 0.480 e. The molecule has 4 rings (SSSR count). The van der Waals surface area contributed by atoms with E-state index in [2.05, 4.69) is 0 Å². The van der Waals surface area contributed by atoms with E-state index in [0.717, 1.165) is 5.56 Å². The summed E-state index contributed by atoms with van der Waals surface area (Å²) >= 11 is 0. The number of hydrogen-bond donors (Lipinski definition) is 3. The lowest BCUT2D eigenvalue weighted by atomic mass is 10.0. The fourth-order valence-electron chi connectivity index (χ4n) is 4.77. The Balaban J connectivity index is 1.45. The third-order valence-corrected chi connectivity index (χ3v) is 6.78. The zero-order valence-corrected chi connectivity index (χ0v) is 20.5. The summed E-state index contributed by atoms with van der Waals surface area (Å²) < 4.78 is 11.5. The molecule has 4 N–H and O–H groups in total. The van der Waals surface area contributed by atoms with Crippen LogP contribution in [0.25, 0.3) is 0 Å². The molecule has 2 aliphatic heterocycles. The molecule has 0 saturated carbocycles. The van der Waals surface area contributed by atoms with Crippen LogP contribution in [0.1, 0.15) is 40.7 Å². The summed E-state index contributed by atoms with van der Waals surface area (Å²) in [6, 6.07) is 15.5. The maximum atomic E-state index is 13.6. The Morgan fingerprint density at radius 1 is 0.946 bits per heavy atom. The van der Waals surface area contributed by atoms with Gasteiger partial charge >= 0.3 is 5.97 Å². The van der Waals surface area contributed by atoms with E-state index in [4.69, 9.17) is 25.7 Å². The Labute approximate surface area is 215 Å². The number of aliphatic carboxylic acids is 1. The first-order valence-corrected chi connectivity index (χ1v) is 12.3. The molecule has 2 aromatic rings. The molecule has 2 amide bonds. The Morgan fingerprint density at radius 3 is 2.22 bits per heavy atom. The van der Waals surface area contributed by atoms with Crippen LogP contribution in [0.4, 0.5) is 0 Å². The van der Waals surface area contributed by atoms with E-state index >= 15 is 0 Å². The number of carboxylic acids is 1. The van der Waals surface area contributed by atoms with Crippen molar-refractivity contribution in [3.8, 4) is 0 Å². The van der Waals surface area contributed by atoms with Crippen molar-refractivity contribution >= 4 is 23.6 Å². The Bertz CT molecular complexity index is 1120. The molecule has 2 aliphatic rings. The number of piperidine rings is 1. The summed E-state index contributed by atoms with van der Waals surface area (Å²) in [6.07, 6.45) is 0.966. The number of nitrogens with zero attached hydrogens (tertiary/aromatic N) is 2. The van der Waals surface area contributed by atoms with Gasteiger partial charge in [0.1, 0.15) is 18.5 Å². The first-order chi connectivity index (χ1) is 17.8. The van der Waals surface area contributed by atoms with Gasteiger partial charge in [-0.3, -0.25) is 15.0 Å². The monoisotopic (exact) mass is 508 g/mol. The fourth-order valence-corrected chi connectivity index (χ4v) is 4.77. The molecule has 2 saturated heterocycles. The van der Waals surface area contributed by atoms with Crippen molar-refractivity contribution in [2.45, 2.75) is 44.1 Å². The van der Waals surface area contributed by atoms with Crippen LogP contribution in [-0.2, 0) is 25.7 Å². The summed E-state index contributed by atoms with van der Waals surface area (Å²) in [7, 11) is 0. The van der Waals surface area contributed by atoms with E-state index in [9.17, 15) is 14.4 Å². The third-order valence-electron chi connectivity index (χ3n) is 6.78. The van der Waals surface area contributed by atoms with Gasteiger partial charge in [-0.2, -0.15) is 0 Å². The van der Waals surface area contributed by atoms with E-state index in [1.54, 1.807) is 34.1 Å². The minimum atomic E-state index is -1.02. The van der Waals surface area contributed by atoms with Crippen molar-refractivity contribution in [2.75, 3.05) is 26.2 Å². The highest BCUT2D eigenvalue weighted by atomic mass is 16.5. The molecule has 2 atom stereocenters. The minimum absolute atomic E-state index is 0.0849. The van der Waals surface area contributed by atoms with Crippen LogP contribution in [0, 0.1) is 5.41 Å². The van der Waals surface area contributed by atoms with Crippen LogP contribution in [0.2, 0.25) is 0 Å². The van der Waals surface area contributed by atoms with Crippen LogP contribution in [-0.4, -0.2) is 83.0 Å². The highest BCUT2D eigenvalue weighted by Crippen LogP contribution is 2.27. The number of carboxylic acid groups (broad SMARTS) is 1. The van der Waals surface area contributed by atoms with Gasteiger partial charge in [0.25, 0.3) is 5.91 Å². The lowest BCUT2D eigenvalue weighted by Gasteiger charge is -2.35. The summed E-state index contributed by atoms with van der Waals surface area (Å²) in [6.45, 7) is 1.18. The lowest BCUT2D eigenvalue weighted by Crippen LogP contribution is -2.50. The highest BCUT2D eigenvalue weighted by molar-refractivity contribution is 6.00. The molecular formula is C27H32N4O6. The smallest absolute Gasteiger partial charge is 0.329 e. The number of likely N-dealkylation sites (tertiary alicyclic amines) is 2. The molecule has 10 heteroatoms. The van der Waals surface area contributed by atoms with Gasteiger partial charge in [-0.1, -0.05) is 42.5 Å². The molecule has 0 aromatic heterocycles. The molecule has 2 fully saturated rings. The number of benzene rings is 2. The van der Waals surface area contributed by atoms with Crippen LogP contribution >= 0.6 is 0 Å². The Hall–Kier alpha value is -3.76. The second-order valence-electron chi connectivity index (χ2n) is 9.35. The predicted octanol–water partition coefficient (Wildman–Crippen LogP) is 1.86. The number of amides is 2. The van der Waals surface area contributed by atoms with Crippen molar-refractivity contribution < 1.29 is 29.0 Å². The van der Waals surface area contributed by atoms with E-state index in [0.29, 0.717) is 50.1 Å². The second-order valence-corrected chi connectivity index (χ2v) is 9.35. The van der Waals surface area contributed by atoms with Crippen molar-refractivity contribution in [1.82, 2.24) is 9.80 Å². The minimum Gasteiger partial charge on any atom is -0.480 e. The molecule has 0 bridgehead atoms. The van der Waals surface area contributed by atoms with Gasteiger partial charge in [0, 0.05) is 37.2 Å². The number of amidine groups is 1. The predicted molar refractivity (Wildman–Crippen MR) is 135 cm³/mol. The molecule has 196 valence electrons. The van der Waals surface area contributed by atoms with Crippen LogP contribution in [0.15, 0.2) is 54.6 Å². The molecule has 0 spiro atoms. The van der Waals surface area contributed by atoms with Gasteiger partial charge in [0.05, 0.1) is 18.8 Å². The second kappa shape index (κ2) is 12.0. The number of carbonyl (C=O) groups excluding carboxylic acids is 2. The highest BCUT2D eigenvalue weighted by Gasteiger charge is 2.42. The first-order valence-electron chi connectivity index (χ1n) is 12.3. The SMILES string of the molecule is N=C(N)c1ccc(C(=O)N2C[C@H](OCc3ccccc3)C[C@@H]2C(=O)N2CCC(OCC(=O)O)CC2)cc1. The number of ether oxygens (including phenoxy) is 2. The normalized spacial score (nSPS) is 20.1. The topological polar surface area (TPSA) is 146 Å². The summed E-state index contributed by atoms with van der Waals surface area (Å²) in [5.74, 6) is -1.52.